The van der Waals surface area contributed by atoms with E-state index in [-0.39, 0.29) is 5.91 Å². The number of hydrogen-bond acceptors (Lipinski definition) is 5. The second-order valence-electron chi connectivity index (χ2n) is 7.02. The van der Waals surface area contributed by atoms with Gasteiger partial charge in [-0.05, 0) is 62.2 Å². The largest absolute Gasteiger partial charge is 0.378 e. The maximum absolute atomic E-state index is 12.7. The van der Waals surface area contributed by atoms with Gasteiger partial charge in [-0.2, -0.15) is 0 Å². The second-order valence-corrected chi connectivity index (χ2v) is 7.02. The summed E-state index contributed by atoms with van der Waals surface area (Å²) < 4.78 is 0. The fraction of sp³-hybridized carbons (Fsp3) is 0.227. The molecule has 6 nitrogen and oxygen atoms in total. The van der Waals surface area contributed by atoms with Crippen LogP contribution in [0.25, 0.3) is 0 Å². The monoisotopic (exact) mass is 375 g/mol. The number of hydrogen-bond donors (Lipinski definition) is 2. The van der Waals surface area contributed by atoms with Gasteiger partial charge in [-0.1, -0.05) is 12.1 Å². The van der Waals surface area contributed by atoms with E-state index in [9.17, 15) is 4.79 Å². The molecule has 0 fully saturated rings. The van der Waals surface area contributed by atoms with E-state index in [4.69, 9.17) is 0 Å². The number of amides is 1. The molecule has 0 unspecified atom stereocenters. The van der Waals surface area contributed by atoms with Gasteiger partial charge in [-0.25, -0.2) is 9.97 Å². The number of nitrogens with one attached hydrogen (secondary N) is 2. The van der Waals surface area contributed by atoms with Crippen LogP contribution < -0.4 is 15.5 Å². The van der Waals surface area contributed by atoms with E-state index in [1.807, 2.05) is 75.3 Å². The van der Waals surface area contributed by atoms with Gasteiger partial charge >= 0.3 is 0 Å². The minimum atomic E-state index is -0.259. The molecule has 0 aliphatic heterocycles. The summed E-state index contributed by atoms with van der Waals surface area (Å²) in [6.45, 7) is 5.73. The van der Waals surface area contributed by atoms with Gasteiger partial charge in [-0.15, -0.1) is 0 Å². The highest BCUT2D eigenvalue weighted by Crippen LogP contribution is 2.21. The zero-order valence-corrected chi connectivity index (χ0v) is 16.9. The zero-order chi connectivity index (χ0) is 20.3. The van der Waals surface area contributed by atoms with Crippen LogP contribution in [-0.4, -0.2) is 30.0 Å². The molecule has 1 heterocycles. The van der Waals surface area contributed by atoms with Crippen LogP contribution in [0.3, 0.4) is 0 Å². The van der Waals surface area contributed by atoms with Gasteiger partial charge < -0.3 is 15.5 Å². The number of rotatable bonds is 5. The summed E-state index contributed by atoms with van der Waals surface area (Å²) in [4.78, 5) is 23.4. The Labute approximate surface area is 165 Å². The lowest BCUT2D eigenvalue weighted by atomic mass is 10.1. The quantitative estimate of drug-likeness (QED) is 0.689. The molecular formula is C22H25N5O. The molecule has 0 atom stereocenters. The zero-order valence-electron chi connectivity index (χ0n) is 16.9. The number of carbonyl (C=O) groups excluding carboxylic acids is 1. The number of benzene rings is 2. The molecule has 0 saturated carbocycles. The average molecular weight is 375 g/mol. The predicted octanol–water partition coefficient (Wildman–Crippen LogP) is 4.46. The third-order valence-electron chi connectivity index (χ3n) is 4.37. The molecule has 0 aliphatic rings. The molecule has 1 amide bonds. The molecule has 2 N–H and O–H groups in total. The molecule has 0 bridgehead atoms. The topological polar surface area (TPSA) is 70.2 Å². The lowest BCUT2D eigenvalue weighted by Gasteiger charge is -2.14. The molecule has 0 saturated heterocycles. The predicted molar refractivity (Wildman–Crippen MR) is 115 cm³/mol. The standard InChI is InChI=1S/C22H25N5O/c1-14-6-7-15(2)19(12-14)26-22(28)20-13-21(24-16(3)23-20)25-17-8-10-18(11-9-17)27(4)5/h6-13H,1-5H3,(H,26,28)(H,23,24,25). The van der Waals surface area contributed by atoms with Gasteiger partial charge in [0.05, 0.1) is 0 Å². The highest BCUT2D eigenvalue weighted by Gasteiger charge is 2.12. The van der Waals surface area contributed by atoms with Crippen molar-refractivity contribution >= 4 is 28.8 Å². The minimum Gasteiger partial charge on any atom is -0.378 e. The average Bonchev–Trinajstić information content (AvgIpc) is 2.64. The molecule has 28 heavy (non-hydrogen) atoms. The Balaban J connectivity index is 1.80. The maximum Gasteiger partial charge on any atom is 0.274 e. The maximum atomic E-state index is 12.7. The summed E-state index contributed by atoms with van der Waals surface area (Å²) >= 11 is 0. The Kier molecular flexibility index (Phi) is 5.59. The van der Waals surface area contributed by atoms with Crippen LogP contribution in [0.5, 0.6) is 0 Å². The smallest absolute Gasteiger partial charge is 0.274 e. The first-order valence-electron chi connectivity index (χ1n) is 9.10. The van der Waals surface area contributed by atoms with Crippen LogP contribution in [-0.2, 0) is 0 Å². The first kappa shape index (κ1) is 19.4. The number of aryl methyl sites for hydroxylation is 3. The van der Waals surface area contributed by atoms with Crippen molar-refractivity contribution in [2.75, 3.05) is 29.6 Å². The van der Waals surface area contributed by atoms with Gasteiger partial charge in [0.25, 0.3) is 5.91 Å². The lowest BCUT2D eigenvalue weighted by Crippen LogP contribution is -2.16. The van der Waals surface area contributed by atoms with Gasteiger partial charge in [0.1, 0.15) is 17.3 Å². The molecule has 0 aliphatic carbocycles. The van der Waals surface area contributed by atoms with E-state index in [2.05, 4.69) is 20.6 Å². The van der Waals surface area contributed by atoms with Gasteiger partial charge in [0.2, 0.25) is 0 Å². The molecule has 1 aromatic heterocycles. The van der Waals surface area contributed by atoms with Crippen molar-refractivity contribution in [1.29, 1.82) is 0 Å². The van der Waals surface area contributed by atoms with Crippen molar-refractivity contribution in [2.45, 2.75) is 20.8 Å². The van der Waals surface area contributed by atoms with Crippen LogP contribution in [0.4, 0.5) is 22.9 Å². The molecule has 3 rings (SSSR count). The molecule has 2 aromatic carbocycles. The summed E-state index contributed by atoms with van der Waals surface area (Å²) in [7, 11) is 3.99. The van der Waals surface area contributed by atoms with E-state index in [0.717, 1.165) is 28.2 Å². The van der Waals surface area contributed by atoms with Crippen LogP contribution in [0, 0.1) is 20.8 Å². The first-order chi connectivity index (χ1) is 13.3. The van der Waals surface area contributed by atoms with Crippen molar-refractivity contribution in [3.05, 3.63) is 71.2 Å². The highest BCUT2D eigenvalue weighted by atomic mass is 16.1. The van der Waals surface area contributed by atoms with Crippen molar-refractivity contribution in [2.24, 2.45) is 0 Å². The SMILES string of the molecule is Cc1ccc(C)c(NC(=O)c2cc(Nc3ccc(N(C)C)cc3)nc(C)n2)c1. The second kappa shape index (κ2) is 8.08. The molecule has 6 heteroatoms. The number of aromatic nitrogens is 2. The van der Waals surface area contributed by atoms with Crippen molar-refractivity contribution in [3.63, 3.8) is 0 Å². The van der Waals surface area contributed by atoms with Crippen molar-refractivity contribution in [1.82, 2.24) is 9.97 Å². The summed E-state index contributed by atoms with van der Waals surface area (Å²) in [5.41, 5.74) is 5.20. The van der Waals surface area contributed by atoms with Gasteiger partial charge in [0, 0.05) is 37.2 Å². The summed E-state index contributed by atoms with van der Waals surface area (Å²) in [5.74, 6) is 0.849. The molecule has 0 radical (unpaired) electrons. The van der Waals surface area contributed by atoms with Crippen LogP contribution in [0.1, 0.15) is 27.4 Å². The van der Waals surface area contributed by atoms with Crippen molar-refractivity contribution in [3.8, 4) is 0 Å². The molecule has 0 spiro atoms. The third kappa shape index (κ3) is 4.65. The van der Waals surface area contributed by atoms with Gasteiger partial charge in [0.15, 0.2) is 0 Å². The van der Waals surface area contributed by atoms with Crippen LogP contribution in [0.2, 0.25) is 0 Å². The van der Waals surface area contributed by atoms with E-state index < -0.39 is 0 Å². The molecule has 3 aromatic rings. The highest BCUT2D eigenvalue weighted by molar-refractivity contribution is 6.03. The first-order valence-corrected chi connectivity index (χ1v) is 9.10. The summed E-state index contributed by atoms with van der Waals surface area (Å²) in [6.07, 6.45) is 0. The Bertz CT molecular complexity index is 996. The third-order valence-corrected chi connectivity index (χ3v) is 4.37. The Morgan fingerprint density at radius 1 is 0.929 bits per heavy atom. The van der Waals surface area contributed by atoms with Crippen molar-refractivity contribution < 1.29 is 4.79 Å². The Morgan fingerprint density at radius 2 is 1.64 bits per heavy atom. The van der Waals surface area contributed by atoms with Crippen LogP contribution in [0.15, 0.2) is 48.5 Å². The fourth-order valence-electron chi connectivity index (χ4n) is 2.80. The number of nitrogens with zero attached hydrogens (tertiary/aromatic N) is 3. The Morgan fingerprint density at radius 3 is 2.32 bits per heavy atom. The summed E-state index contributed by atoms with van der Waals surface area (Å²) in [5, 5.41) is 6.18. The number of anilines is 4. The van der Waals surface area contributed by atoms with E-state index in [1.165, 1.54) is 0 Å². The van der Waals surface area contributed by atoms with Gasteiger partial charge in [-0.3, -0.25) is 4.79 Å². The number of carbonyl (C=O) groups is 1. The normalized spacial score (nSPS) is 10.5. The fourth-order valence-corrected chi connectivity index (χ4v) is 2.80. The molecular weight excluding hydrogens is 350 g/mol. The summed E-state index contributed by atoms with van der Waals surface area (Å²) in [6, 6.07) is 15.6. The van der Waals surface area contributed by atoms with E-state index >= 15 is 0 Å². The minimum absolute atomic E-state index is 0.259. The Hall–Kier alpha value is -3.41. The lowest BCUT2D eigenvalue weighted by molar-refractivity contribution is 0.102. The van der Waals surface area contributed by atoms with E-state index in [0.29, 0.717) is 17.3 Å². The van der Waals surface area contributed by atoms with E-state index in [1.54, 1.807) is 13.0 Å². The van der Waals surface area contributed by atoms with Crippen LogP contribution >= 0.6 is 0 Å². The molecule has 144 valence electrons.